The maximum Gasteiger partial charge on any atom is 0.348 e. The molecule has 1 fully saturated rings. The minimum Gasteiger partial charge on any atom is -0.339 e. The van der Waals surface area contributed by atoms with Crippen molar-refractivity contribution < 1.29 is 14.4 Å². The van der Waals surface area contributed by atoms with E-state index in [-0.39, 0.29) is 5.92 Å². The van der Waals surface area contributed by atoms with Gasteiger partial charge in [0.15, 0.2) is 0 Å². The molecule has 2 N–H and O–H groups in total. The number of rotatable bonds is 0. The first-order valence-corrected chi connectivity index (χ1v) is 2.94. The molecule has 0 bridgehead atoms. The van der Waals surface area contributed by atoms with E-state index >= 15 is 0 Å². The summed E-state index contributed by atoms with van der Waals surface area (Å²) >= 11 is 0. The third-order valence-corrected chi connectivity index (χ3v) is 1.22. The number of nitrogens with one attached hydrogen (secondary N) is 2. The van der Waals surface area contributed by atoms with Crippen LogP contribution in [0.5, 0.6) is 0 Å². The molecular weight excluding hydrogens is 136 g/mol. The monoisotopic (exact) mass is 144 g/mol. The van der Waals surface area contributed by atoms with Crippen LogP contribution in [0.4, 0.5) is 4.79 Å². The molecule has 0 aromatic carbocycles. The molecule has 0 aliphatic carbocycles. The van der Waals surface area contributed by atoms with Crippen molar-refractivity contribution in [3.8, 4) is 0 Å². The molecular formula is C5H8N2O3. The van der Waals surface area contributed by atoms with Gasteiger partial charge in [0, 0.05) is 6.54 Å². The Labute approximate surface area is 57.7 Å². The van der Waals surface area contributed by atoms with E-state index in [0.717, 1.165) is 0 Å². The van der Waals surface area contributed by atoms with Crippen LogP contribution in [0.3, 0.4) is 0 Å². The molecule has 5 heteroatoms. The summed E-state index contributed by atoms with van der Waals surface area (Å²) in [6.45, 7) is 2.00. The maximum atomic E-state index is 10.7. The molecule has 56 valence electrons. The molecule has 0 aromatic heterocycles. The Morgan fingerprint density at radius 3 is 3.00 bits per heavy atom. The number of carbonyl (C=O) groups is 2. The van der Waals surface area contributed by atoms with Crippen molar-refractivity contribution in [2.24, 2.45) is 5.92 Å². The molecule has 1 atom stereocenters. The van der Waals surface area contributed by atoms with Crippen molar-refractivity contribution in [2.45, 2.75) is 6.92 Å². The number of hydroxylamine groups is 1. The standard InChI is InChI=1S/C5H8N2O3/c1-3-2-6-5(9)7-10-4(3)8/h3H,2H2,1H3,(H2,6,7,9). The fourth-order valence-corrected chi connectivity index (χ4v) is 0.562. The predicted molar refractivity (Wildman–Crippen MR) is 31.8 cm³/mol. The SMILES string of the molecule is CC1CNC(=O)NOC1=O. The number of urea groups is 1. The number of amides is 2. The van der Waals surface area contributed by atoms with E-state index in [1.165, 1.54) is 0 Å². The Morgan fingerprint density at radius 2 is 2.30 bits per heavy atom. The van der Waals surface area contributed by atoms with Gasteiger partial charge in [0.1, 0.15) is 0 Å². The lowest BCUT2D eigenvalue weighted by atomic mass is 10.2. The largest absolute Gasteiger partial charge is 0.348 e. The van der Waals surface area contributed by atoms with Crippen LogP contribution in [0.25, 0.3) is 0 Å². The Kier molecular flexibility index (Phi) is 1.75. The van der Waals surface area contributed by atoms with Crippen molar-refractivity contribution in [3.63, 3.8) is 0 Å². The Balaban J connectivity index is 2.54. The summed E-state index contributed by atoms with van der Waals surface area (Å²) in [6, 6.07) is -0.474. The highest BCUT2D eigenvalue weighted by molar-refractivity contribution is 5.80. The van der Waals surface area contributed by atoms with Crippen LogP contribution in [0.15, 0.2) is 0 Å². The molecule has 1 heterocycles. The average molecular weight is 144 g/mol. The zero-order valence-electron chi connectivity index (χ0n) is 5.51. The number of hydrogen-bond acceptors (Lipinski definition) is 3. The van der Waals surface area contributed by atoms with Crippen molar-refractivity contribution in [1.82, 2.24) is 10.8 Å². The Morgan fingerprint density at radius 1 is 1.60 bits per heavy atom. The summed E-state index contributed by atoms with van der Waals surface area (Å²) < 4.78 is 0. The first kappa shape index (κ1) is 6.85. The van der Waals surface area contributed by atoms with Gasteiger partial charge in [0.25, 0.3) is 0 Å². The Hall–Kier alpha value is -1.26. The number of carbonyl (C=O) groups excluding carboxylic acids is 2. The van der Waals surface area contributed by atoms with Crippen LogP contribution in [0, 0.1) is 5.92 Å². The molecule has 1 saturated heterocycles. The van der Waals surface area contributed by atoms with Gasteiger partial charge >= 0.3 is 12.0 Å². The highest BCUT2D eigenvalue weighted by Crippen LogP contribution is 1.97. The van der Waals surface area contributed by atoms with E-state index < -0.39 is 12.0 Å². The molecule has 1 aliphatic rings. The zero-order valence-corrected chi connectivity index (χ0v) is 5.51. The van der Waals surface area contributed by atoms with Crippen molar-refractivity contribution in [2.75, 3.05) is 6.54 Å². The van der Waals surface area contributed by atoms with Crippen LogP contribution in [0.1, 0.15) is 6.92 Å². The topological polar surface area (TPSA) is 67.4 Å². The highest BCUT2D eigenvalue weighted by Gasteiger charge is 2.20. The quantitative estimate of drug-likeness (QED) is 0.476. The van der Waals surface area contributed by atoms with Gasteiger partial charge in [-0.15, -0.1) is 0 Å². The minimum atomic E-state index is -0.474. The van der Waals surface area contributed by atoms with E-state index in [1.807, 2.05) is 5.48 Å². The van der Waals surface area contributed by atoms with E-state index in [0.29, 0.717) is 6.54 Å². The lowest BCUT2D eigenvalue weighted by Crippen LogP contribution is -2.32. The smallest absolute Gasteiger partial charge is 0.339 e. The zero-order chi connectivity index (χ0) is 7.56. The number of hydrogen-bond donors (Lipinski definition) is 2. The molecule has 0 saturated carbocycles. The summed E-state index contributed by atoms with van der Waals surface area (Å²) in [4.78, 5) is 25.5. The summed E-state index contributed by atoms with van der Waals surface area (Å²) in [6.07, 6.45) is 0. The van der Waals surface area contributed by atoms with E-state index in [2.05, 4.69) is 10.2 Å². The molecule has 1 rings (SSSR count). The van der Waals surface area contributed by atoms with Gasteiger partial charge in [0.05, 0.1) is 5.92 Å². The second kappa shape index (κ2) is 2.55. The molecule has 5 nitrogen and oxygen atoms in total. The van der Waals surface area contributed by atoms with Gasteiger partial charge < -0.3 is 10.2 Å². The van der Waals surface area contributed by atoms with E-state index in [4.69, 9.17) is 0 Å². The van der Waals surface area contributed by atoms with Crippen LogP contribution >= 0.6 is 0 Å². The molecule has 1 aliphatic heterocycles. The van der Waals surface area contributed by atoms with Crippen molar-refractivity contribution in [3.05, 3.63) is 0 Å². The van der Waals surface area contributed by atoms with Crippen LogP contribution in [-0.4, -0.2) is 18.5 Å². The van der Waals surface area contributed by atoms with Gasteiger partial charge in [-0.05, 0) is 0 Å². The van der Waals surface area contributed by atoms with Crippen LogP contribution in [-0.2, 0) is 9.63 Å². The average Bonchev–Trinajstić information content (AvgIpc) is 2.04. The van der Waals surface area contributed by atoms with E-state index in [9.17, 15) is 9.59 Å². The minimum absolute atomic E-state index is 0.279. The van der Waals surface area contributed by atoms with Gasteiger partial charge in [-0.25, -0.2) is 9.59 Å². The second-order valence-electron chi connectivity index (χ2n) is 2.13. The van der Waals surface area contributed by atoms with Gasteiger partial charge in [-0.1, -0.05) is 6.92 Å². The molecule has 2 amide bonds. The molecule has 0 aromatic rings. The maximum absolute atomic E-state index is 10.7. The fraction of sp³-hybridized carbons (Fsp3) is 0.600. The van der Waals surface area contributed by atoms with Crippen molar-refractivity contribution >= 4 is 12.0 Å². The van der Waals surface area contributed by atoms with Crippen LogP contribution < -0.4 is 10.8 Å². The lowest BCUT2D eigenvalue weighted by Gasteiger charge is -2.00. The van der Waals surface area contributed by atoms with Crippen LogP contribution in [0.2, 0.25) is 0 Å². The Bertz CT molecular complexity index is 168. The first-order chi connectivity index (χ1) is 4.70. The predicted octanol–water partition coefficient (Wildman–Crippen LogP) is -0.607. The molecule has 0 radical (unpaired) electrons. The van der Waals surface area contributed by atoms with Gasteiger partial charge in [-0.3, -0.25) is 0 Å². The molecule has 1 unspecified atom stereocenters. The normalized spacial score (nSPS) is 25.9. The lowest BCUT2D eigenvalue weighted by molar-refractivity contribution is -0.151. The molecule has 0 spiro atoms. The summed E-state index contributed by atoms with van der Waals surface area (Å²) in [5.41, 5.74) is 1.93. The summed E-state index contributed by atoms with van der Waals surface area (Å²) in [5, 5.41) is 2.43. The van der Waals surface area contributed by atoms with Crippen molar-refractivity contribution in [1.29, 1.82) is 0 Å². The summed E-state index contributed by atoms with van der Waals surface area (Å²) in [5.74, 6) is -0.697. The summed E-state index contributed by atoms with van der Waals surface area (Å²) in [7, 11) is 0. The molecule has 10 heavy (non-hydrogen) atoms. The highest BCUT2D eigenvalue weighted by atomic mass is 16.7. The first-order valence-electron chi connectivity index (χ1n) is 2.94. The third-order valence-electron chi connectivity index (χ3n) is 1.22. The fourth-order valence-electron chi connectivity index (χ4n) is 0.562. The van der Waals surface area contributed by atoms with Gasteiger partial charge in [-0.2, -0.15) is 5.48 Å². The van der Waals surface area contributed by atoms with E-state index in [1.54, 1.807) is 6.92 Å². The van der Waals surface area contributed by atoms with Gasteiger partial charge in [0.2, 0.25) is 0 Å². The second-order valence-corrected chi connectivity index (χ2v) is 2.13. The third kappa shape index (κ3) is 1.37.